The lowest BCUT2D eigenvalue weighted by atomic mass is 9.71. The third-order valence-corrected chi connectivity index (χ3v) is 6.54. The number of carbonyl (C=O) groups excluding carboxylic acids is 1. The van der Waals surface area contributed by atoms with E-state index in [0.29, 0.717) is 25.6 Å². The fraction of sp³-hybridized carbons (Fsp3) is 0.542. The molecule has 32 heavy (non-hydrogen) atoms. The summed E-state index contributed by atoms with van der Waals surface area (Å²) in [5.74, 6) is 1.49. The van der Waals surface area contributed by atoms with Gasteiger partial charge in [0.05, 0.1) is 19.1 Å². The molecule has 2 fully saturated rings. The van der Waals surface area contributed by atoms with Crippen molar-refractivity contribution in [3.05, 3.63) is 54.1 Å². The van der Waals surface area contributed by atoms with Crippen molar-refractivity contribution >= 4 is 5.91 Å². The van der Waals surface area contributed by atoms with Crippen molar-refractivity contribution in [2.75, 3.05) is 46.6 Å². The average Bonchev–Trinajstić information content (AvgIpc) is 3.15. The van der Waals surface area contributed by atoms with Gasteiger partial charge >= 0.3 is 0 Å². The Morgan fingerprint density at radius 1 is 1.28 bits per heavy atom. The van der Waals surface area contributed by atoms with Crippen LogP contribution in [0.15, 0.2) is 42.7 Å². The Balaban J connectivity index is 1.47. The van der Waals surface area contributed by atoms with Crippen LogP contribution in [0.3, 0.4) is 0 Å². The molecule has 2 aliphatic rings. The highest BCUT2D eigenvalue weighted by Crippen LogP contribution is 2.45. The number of nitrogens with zero attached hydrogens (tertiary/aromatic N) is 4. The lowest BCUT2D eigenvalue weighted by molar-refractivity contribution is -0.140. The molecule has 2 aromatic rings. The summed E-state index contributed by atoms with van der Waals surface area (Å²) in [6, 6.07) is 9.74. The summed E-state index contributed by atoms with van der Waals surface area (Å²) < 4.78 is 11.2. The number of ether oxygens (including phenoxy) is 2. The van der Waals surface area contributed by atoms with Gasteiger partial charge in [0.25, 0.3) is 0 Å². The lowest BCUT2D eigenvalue weighted by Crippen LogP contribution is -2.45. The molecule has 4 rings (SSSR count). The van der Waals surface area contributed by atoms with E-state index in [-0.39, 0.29) is 30.5 Å². The van der Waals surface area contributed by atoms with E-state index in [4.69, 9.17) is 14.6 Å². The highest BCUT2D eigenvalue weighted by molar-refractivity contribution is 5.80. The number of benzene rings is 1. The minimum absolute atomic E-state index is 0.00766. The molecular weight excluding hydrogens is 408 g/mol. The number of aliphatic hydroxyl groups is 1. The molecule has 8 heteroatoms. The quantitative estimate of drug-likeness (QED) is 0.669. The molecule has 1 spiro atoms. The predicted molar refractivity (Wildman–Crippen MR) is 119 cm³/mol. The largest absolute Gasteiger partial charge is 0.491 e. The van der Waals surface area contributed by atoms with Crippen molar-refractivity contribution < 1.29 is 19.4 Å². The maximum Gasteiger partial charge on any atom is 0.227 e. The van der Waals surface area contributed by atoms with Crippen LogP contribution in [-0.2, 0) is 22.6 Å². The first-order valence-corrected chi connectivity index (χ1v) is 11.2. The van der Waals surface area contributed by atoms with Gasteiger partial charge in [0.1, 0.15) is 18.2 Å². The Labute approximate surface area is 189 Å². The fourth-order valence-corrected chi connectivity index (χ4v) is 4.94. The van der Waals surface area contributed by atoms with E-state index in [1.807, 2.05) is 25.2 Å². The average molecular weight is 441 g/mol. The molecule has 0 aliphatic carbocycles. The Bertz CT molecular complexity index is 889. The first-order valence-electron chi connectivity index (χ1n) is 11.2. The van der Waals surface area contributed by atoms with Gasteiger partial charge in [-0.1, -0.05) is 12.1 Å². The second-order valence-electron chi connectivity index (χ2n) is 8.78. The van der Waals surface area contributed by atoms with Crippen LogP contribution in [0.5, 0.6) is 5.75 Å². The van der Waals surface area contributed by atoms with Gasteiger partial charge < -0.3 is 19.5 Å². The fourth-order valence-electron chi connectivity index (χ4n) is 4.94. The molecular formula is C24H32N4O4. The number of hydrogen-bond donors (Lipinski definition) is 1. The maximum absolute atomic E-state index is 13.6. The van der Waals surface area contributed by atoms with E-state index >= 15 is 0 Å². The van der Waals surface area contributed by atoms with Crippen LogP contribution in [0.1, 0.15) is 24.2 Å². The van der Waals surface area contributed by atoms with Crippen molar-refractivity contribution in [3.8, 4) is 5.75 Å². The third-order valence-electron chi connectivity index (χ3n) is 6.54. The van der Waals surface area contributed by atoms with Crippen LogP contribution in [0.4, 0.5) is 0 Å². The molecule has 0 saturated carbocycles. The van der Waals surface area contributed by atoms with E-state index in [2.05, 4.69) is 20.9 Å². The summed E-state index contributed by atoms with van der Waals surface area (Å²) in [6.45, 7) is 4.45. The summed E-state index contributed by atoms with van der Waals surface area (Å²) in [6.07, 6.45) is 5.21. The van der Waals surface area contributed by atoms with Crippen molar-refractivity contribution in [2.24, 2.45) is 11.3 Å². The number of aliphatic hydroxyl groups excluding tert-OH is 1. The SMILES string of the molecule is CN(Cc1ncccn1)C(=O)C1CN(Cc2cccc(OCCO)c2)CC12CCOCC2. The topological polar surface area (TPSA) is 88.0 Å². The van der Waals surface area contributed by atoms with Crippen LogP contribution < -0.4 is 4.74 Å². The Hall–Kier alpha value is -2.55. The molecule has 1 atom stereocenters. The molecule has 1 amide bonds. The van der Waals surface area contributed by atoms with Gasteiger partial charge in [-0.05, 0) is 36.6 Å². The number of amides is 1. The van der Waals surface area contributed by atoms with E-state index in [0.717, 1.165) is 43.8 Å². The second kappa shape index (κ2) is 10.4. The minimum Gasteiger partial charge on any atom is -0.491 e. The van der Waals surface area contributed by atoms with Crippen LogP contribution in [0.25, 0.3) is 0 Å². The van der Waals surface area contributed by atoms with Crippen LogP contribution in [-0.4, -0.2) is 77.3 Å². The number of aromatic nitrogens is 2. The zero-order valence-electron chi connectivity index (χ0n) is 18.7. The zero-order chi connectivity index (χ0) is 22.4. The molecule has 1 aromatic carbocycles. The van der Waals surface area contributed by atoms with Crippen LogP contribution >= 0.6 is 0 Å². The van der Waals surface area contributed by atoms with E-state index in [9.17, 15) is 4.79 Å². The Kier molecular flexibility index (Phi) is 7.34. The molecule has 1 unspecified atom stereocenters. The first kappa shape index (κ1) is 22.6. The van der Waals surface area contributed by atoms with Crippen LogP contribution in [0.2, 0.25) is 0 Å². The molecule has 2 saturated heterocycles. The van der Waals surface area contributed by atoms with Gasteiger partial charge in [0.15, 0.2) is 0 Å². The van der Waals surface area contributed by atoms with Gasteiger partial charge in [0.2, 0.25) is 5.91 Å². The van der Waals surface area contributed by atoms with Crippen molar-refractivity contribution in [1.82, 2.24) is 19.8 Å². The molecule has 172 valence electrons. The first-order chi connectivity index (χ1) is 15.6. The second-order valence-corrected chi connectivity index (χ2v) is 8.78. The van der Waals surface area contributed by atoms with Gasteiger partial charge in [-0.15, -0.1) is 0 Å². The molecule has 1 aromatic heterocycles. The maximum atomic E-state index is 13.6. The summed E-state index contributed by atoms with van der Waals surface area (Å²) in [5.41, 5.74) is 1.08. The smallest absolute Gasteiger partial charge is 0.227 e. The Morgan fingerprint density at radius 2 is 2.06 bits per heavy atom. The van der Waals surface area contributed by atoms with E-state index in [1.165, 1.54) is 0 Å². The minimum atomic E-state index is -0.0751. The van der Waals surface area contributed by atoms with Crippen molar-refractivity contribution in [2.45, 2.75) is 25.9 Å². The summed E-state index contributed by atoms with van der Waals surface area (Å²) in [7, 11) is 1.84. The number of rotatable bonds is 8. The number of likely N-dealkylation sites (tertiary alicyclic amines) is 1. The Morgan fingerprint density at radius 3 is 2.81 bits per heavy atom. The van der Waals surface area contributed by atoms with Gasteiger partial charge in [0, 0.05) is 57.7 Å². The zero-order valence-corrected chi connectivity index (χ0v) is 18.7. The van der Waals surface area contributed by atoms with E-state index in [1.54, 1.807) is 23.4 Å². The molecule has 8 nitrogen and oxygen atoms in total. The summed E-state index contributed by atoms with van der Waals surface area (Å²) in [4.78, 5) is 26.2. The lowest BCUT2D eigenvalue weighted by Gasteiger charge is -2.38. The molecule has 0 radical (unpaired) electrons. The van der Waals surface area contributed by atoms with Gasteiger partial charge in [-0.2, -0.15) is 0 Å². The van der Waals surface area contributed by atoms with E-state index < -0.39 is 0 Å². The van der Waals surface area contributed by atoms with Crippen molar-refractivity contribution in [1.29, 1.82) is 0 Å². The third kappa shape index (κ3) is 5.26. The number of carbonyl (C=O) groups is 1. The van der Waals surface area contributed by atoms with Gasteiger partial charge in [-0.3, -0.25) is 9.69 Å². The number of hydrogen-bond acceptors (Lipinski definition) is 7. The van der Waals surface area contributed by atoms with Crippen LogP contribution in [0, 0.1) is 11.3 Å². The molecule has 2 aliphatic heterocycles. The molecule has 0 bridgehead atoms. The van der Waals surface area contributed by atoms with Gasteiger partial charge in [-0.25, -0.2) is 9.97 Å². The molecule has 1 N–H and O–H groups in total. The monoisotopic (exact) mass is 440 g/mol. The summed E-state index contributed by atoms with van der Waals surface area (Å²) in [5, 5.41) is 9.00. The summed E-state index contributed by atoms with van der Waals surface area (Å²) >= 11 is 0. The standard InChI is InChI=1S/C24H32N4O4/c1-27(17-22-25-8-3-9-26-22)23(30)21-16-28(18-24(21)6-11-31-12-7-24)15-19-4-2-5-20(14-19)32-13-10-29/h2-5,8-9,14,21,29H,6-7,10-13,15-18H2,1H3. The highest BCUT2D eigenvalue weighted by atomic mass is 16.5. The normalized spacial score (nSPS) is 20.4. The predicted octanol–water partition coefficient (Wildman–Crippen LogP) is 1.73. The van der Waals surface area contributed by atoms with Crippen molar-refractivity contribution in [3.63, 3.8) is 0 Å². The highest BCUT2D eigenvalue weighted by Gasteiger charge is 2.51. The molecule has 3 heterocycles.